The summed E-state index contributed by atoms with van der Waals surface area (Å²) in [6.07, 6.45) is -0.0303. The fourth-order valence-corrected chi connectivity index (χ4v) is 1.81. The average molecular weight is 323 g/mol. The summed E-state index contributed by atoms with van der Waals surface area (Å²) in [5, 5.41) is 0. The lowest BCUT2D eigenvalue weighted by Gasteiger charge is -2.28. The van der Waals surface area contributed by atoms with Gasteiger partial charge in [0.25, 0.3) is 0 Å². The van der Waals surface area contributed by atoms with Crippen molar-refractivity contribution in [1.82, 2.24) is 0 Å². The third kappa shape index (κ3) is 4.08. The Morgan fingerprint density at radius 3 is 2.06 bits per heavy atom. The predicted molar refractivity (Wildman–Crippen MR) is 69.4 cm³/mol. The predicted octanol–water partition coefficient (Wildman–Crippen LogP) is 1.86. The fourth-order valence-electron chi connectivity index (χ4n) is 1.54. The molecule has 0 rings (SSSR count). The lowest BCUT2D eigenvalue weighted by atomic mass is 9.88. The second-order valence-electron chi connectivity index (χ2n) is 3.90. The quantitative estimate of drug-likeness (QED) is 0.406. The molecule has 6 heteroatoms. The molecule has 0 radical (unpaired) electrons. The first-order valence-corrected chi connectivity index (χ1v) is 6.62. The van der Waals surface area contributed by atoms with Gasteiger partial charge in [-0.25, -0.2) is 0 Å². The van der Waals surface area contributed by atoms with E-state index in [2.05, 4.69) is 15.9 Å². The van der Waals surface area contributed by atoms with E-state index in [9.17, 15) is 14.4 Å². The first-order chi connectivity index (χ1) is 8.30. The second kappa shape index (κ2) is 7.51. The van der Waals surface area contributed by atoms with Gasteiger partial charge in [0.15, 0.2) is 10.1 Å². The molecule has 0 saturated carbocycles. The summed E-state index contributed by atoms with van der Waals surface area (Å²) in [6.45, 7) is 6.70. The fraction of sp³-hybridized carbons (Fsp3) is 0.750. The van der Waals surface area contributed by atoms with Crippen molar-refractivity contribution in [2.45, 2.75) is 38.4 Å². The third-order valence-corrected chi connectivity index (χ3v) is 4.21. The van der Waals surface area contributed by atoms with Gasteiger partial charge in [0.05, 0.1) is 19.6 Å². The van der Waals surface area contributed by atoms with Gasteiger partial charge < -0.3 is 9.47 Å². The molecule has 2 atom stereocenters. The van der Waals surface area contributed by atoms with E-state index in [4.69, 9.17) is 9.47 Å². The molecule has 0 aliphatic heterocycles. The Balaban J connectivity index is 4.93. The van der Waals surface area contributed by atoms with Crippen molar-refractivity contribution in [2.75, 3.05) is 13.2 Å². The molecule has 0 spiro atoms. The lowest BCUT2D eigenvalue weighted by Crippen LogP contribution is -2.47. The van der Waals surface area contributed by atoms with Crippen LogP contribution in [0.15, 0.2) is 0 Å². The number of esters is 2. The van der Waals surface area contributed by atoms with Crippen LogP contribution in [0.3, 0.4) is 0 Å². The zero-order valence-corrected chi connectivity index (χ0v) is 12.7. The van der Waals surface area contributed by atoms with Crippen LogP contribution in [0.25, 0.3) is 0 Å². The minimum absolute atomic E-state index is 0.0303. The Bertz CT molecular complexity index is 328. The van der Waals surface area contributed by atoms with Crippen LogP contribution < -0.4 is 0 Å². The highest BCUT2D eigenvalue weighted by Gasteiger charge is 2.48. The number of alkyl halides is 1. The minimum Gasteiger partial charge on any atom is -0.466 e. The normalized spacial score (nSPS) is 15.4. The minimum atomic E-state index is -1.49. The smallest absolute Gasteiger partial charge is 0.330 e. The number of Topliss-reactive ketones (excluding diaryl/α,β-unsaturated/α-hetero) is 1. The first kappa shape index (κ1) is 17.1. The van der Waals surface area contributed by atoms with Crippen LogP contribution in [0, 0.1) is 5.92 Å². The summed E-state index contributed by atoms with van der Waals surface area (Å²) in [7, 11) is 0. The summed E-state index contributed by atoms with van der Waals surface area (Å²) in [6, 6.07) is 0. The van der Waals surface area contributed by atoms with E-state index in [0.29, 0.717) is 0 Å². The highest BCUT2D eigenvalue weighted by atomic mass is 79.9. The van der Waals surface area contributed by atoms with Gasteiger partial charge in [-0.2, -0.15) is 0 Å². The van der Waals surface area contributed by atoms with E-state index in [1.54, 1.807) is 20.8 Å². The molecule has 0 aliphatic rings. The SMILES string of the molecule is CCOC(=O)CC(C)C(Br)(C(C)=O)C(=O)OCC. The number of halogens is 1. The van der Waals surface area contributed by atoms with Crippen LogP contribution in [-0.2, 0) is 23.9 Å². The van der Waals surface area contributed by atoms with Crippen molar-refractivity contribution in [3.05, 3.63) is 0 Å². The summed E-state index contributed by atoms with van der Waals surface area (Å²) < 4.78 is 8.19. The van der Waals surface area contributed by atoms with Crippen molar-refractivity contribution in [2.24, 2.45) is 5.92 Å². The Morgan fingerprint density at radius 1 is 1.17 bits per heavy atom. The van der Waals surface area contributed by atoms with Gasteiger partial charge in [0, 0.05) is 0 Å². The van der Waals surface area contributed by atoms with E-state index in [0.717, 1.165) is 0 Å². The molecule has 0 saturated heterocycles. The van der Waals surface area contributed by atoms with Crippen LogP contribution in [0.2, 0.25) is 0 Å². The van der Waals surface area contributed by atoms with Gasteiger partial charge >= 0.3 is 11.9 Å². The zero-order chi connectivity index (χ0) is 14.3. The molecule has 0 aliphatic carbocycles. The first-order valence-electron chi connectivity index (χ1n) is 5.83. The molecule has 0 heterocycles. The molecule has 2 unspecified atom stereocenters. The van der Waals surface area contributed by atoms with Crippen LogP contribution in [0.1, 0.15) is 34.1 Å². The topological polar surface area (TPSA) is 69.7 Å². The van der Waals surface area contributed by atoms with Gasteiger partial charge in [-0.15, -0.1) is 0 Å². The van der Waals surface area contributed by atoms with Crippen molar-refractivity contribution in [3.8, 4) is 0 Å². The second-order valence-corrected chi connectivity index (χ2v) is 5.15. The van der Waals surface area contributed by atoms with Crippen LogP contribution in [0.5, 0.6) is 0 Å². The number of hydrogen-bond donors (Lipinski definition) is 0. The molecular weight excluding hydrogens is 304 g/mol. The largest absolute Gasteiger partial charge is 0.466 e. The summed E-state index contributed by atoms with van der Waals surface area (Å²) >= 11 is 3.13. The van der Waals surface area contributed by atoms with Crippen molar-refractivity contribution < 1.29 is 23.9 Å². The van der Waals surface area contributed by atoms with Gasteiger partial charge in [0.1, 0.15) is 0 Å². The van der Waals surface area contributed by atoms with E-state index in [1.807, 2.05) is 0 Å². The molecule has 0 N–H and O–H groups in total. The van der Waals surface area contributed by atoms with Gasteiger partial charge in [-0.3, -0.25) is 14.4 Å². The third-order valence-electron chi connectivity index (χ3n) is 2.54. The average Bonchev–Trinajstić information content (AvgIpc) is 2.27. The molecule has 18 heavy (non-hydrogen) atoms. The van der Waals surface area contributed by atoms with Gasteiger partial charge in [-0.05, 0) is 26.7 Å². The molecular formula is C12H19BrO5. The highest BCUT2D eigenvalue weighted by Crippen LogP contribution is 2.33. The monoisotopic (exact) mass is 322 g/mol. The molecule has 5 nitrogen and oxygen atoms in total. The summed E-state index contributed by atoms with van der Waals surface area (Å²) in [5.74, 6) is -2.06. The Hall–Kier alpha value is -0.910. The van der Waals surface area contributed by atoms with Crippen LogP contribution in [0.4, 0.5) is 0 Å². The van der Waals surface area contributed by atoms with E-state index in [-0.39, 0.29) is 19.6 Å². The van der Waals surface area contributed by atoms with Crippen molar-refractivity contribution >= 4 is 33.7 Å². The van der Waals surface area contributed by atoms with Crippen molar-refractivity contribution in [1.29, 1.82) is 0 Å². The number of rotatable bonds is 7. The Morgan fingerprint density at radius 2 is 1.67 bits per heavy atom. The lowest BCUT2D eigenvalue weighted by molar-refractivity contribution is -0.151. The maximum absolute atomic E-state index is 11.8. The maximum Gasteiger partial charge on any atom is 0.330 e. The molecule has 0 amide bonds. The number of ketones is 1. The Kier molecular flexibility index (Phi) is 7.13. The van der Waals surface area contributed by atoms with E-state index >= 15 is 0 Å². The van der Waals surface area contributed by atoms with Crippen LogP contribution in [-0.4, -0.2) is 35.3 Å². The standard InChI is InChI=1S/C12H19BrO5/c1-5-17-10(15)7-8(3)12(13,9(4)14)11(16)18-6-2/h8H,5-7H2,1-4H3. The van der Waals surface area contributed by atoms with E-state index < -0.39 is 28.0 Å². The summed E-state index contributed by atoms with van der Waals surface area (Å²) in [4.78, 5) is 34.9. The van der Waals surface area contributed by atoms with Crippen molar-refractivity contribution in [3.63, 3.8) is 0 Å². The molecule has 0 aromatic heterocycles. The van der Waals surface area contributed by atoms with Crippen LogP contribution >= 0.6 is 15.9 Å². The maximum atomic E-state index is 11.8. The number of ether oxygens (including phenoxy) is 2. The molecule has 0 aromatic rings. The number of carbonyl (C=O) groups excluding carboxylic acids is 3. The van der Waals surface area contributed by atoms with Gasteiger partial charge in [-0.1, -0.05) is 22.9 Å². The van der Waals surface area contributed by atoms with Gasteiger partial charge in [0.2, 0.25) is 0 Å². The zero-order valence-electron chi connectivity index (χ0n) is 11.1. The highest BCUT2D eigenvalue weighted by molar-refractivity contribution is 9.10. The molecule has 0 fully saturated rings. The number of carbonyl (C=O) groups is 3. The van der Waals surface area contributed by atoms with E-state index in [1.165, 1.54) is 6.92 Å². The Labute approximate surface area is 115 Å². The number of hydrogen-bond acceptors (Lipinski definition) is 5. The molecule has 104 valence electrons. The molecule has 0 bridgehead atoms. The summed E-state index contributed by atoms with van der Waals surface area (Å²) in [5.41, 5.74) is 0. The molecule has 0 aromatic carbocycles.